The maximum atomic E-state index is 13.6. The lowest BCUT2D eigenvalue weighted by Crippen LogP contribution is -2.22. The van der Waals surface area contributed by atoms with Gasteiger partial charge in [0.25, 0.3) is 12.3 Å². The van der Waals surface area contributed by atoms with E-state index in [1.54, 1.807) is 44.0 Å². The maximum absolute atomic E-state index is 13.6. The number of pyridine rings is 1. The fraction of sp³-hybridized carbons (Fsp3) is 0.250. The Morgan fingerprint density at radius 3 is 2.59 bits per heavy atom. The Labute approximate surface area is 184 Å². The van der Waals surface area contributed by atoms with E-state index in [2.05, 4.69) is 20.5 Å². The summed E-state index contributed by atoms with van der Waals surface area (Å²) in [5, 5.41) is 11.4. The first-order chi connectivity index (χ1) is 15.2. The maximum Gasteiger partial charge on any atom is 0.280 e. The van der Waals surface area contributed by atoms with Gasteiger partial charge < -0.3 is 11.1 Å². The summed E-state index contributed by atoms with van der Waals surface area (Å²) in [5.74, 6) is -1.25. The number of anilines is 1. The highest BCUT2D eigenvalue weighted by Gasteiger charge is 2.26. The molecule has 0 saturated heterocycles. The van der Waals surface area contributed by atoms with Gasteiger partial charge in [-0.2, -0.15) is 10.2 Å². The van der Waals surface area contributed by atoms with Crippen LogP contribution in [0.1, 0.15) is 33.2 Å². The van der Waals surface area contributed by atoms with E-state index in [1.165, 1.54) is 10.7 Å². The van der Waals surface area contributed by atoms with Crippen molar-refractivity contribution in [1.82, 2.24) is 24.5 Å². The number of aromatic nitrogens is 5. The quantitative estimate of drug-likeness (QED) is 0.459. The molecule has 0 saturated carbocycles. The van der Waals surface area contributed by atoms with Crippen LogP contribution in [0.3, 0.4) is 0 Å². The molecule has 0 aliphatic rings. The predicted octanol–water partition coefficient (Wildman–Crippen LogP) is 3.19. The molecular weight excluding hydrogens is 440 g/mol. The highest BCUT2D eigenvalue weighted by molar-refractivity contribution is 7.21. The average Bonchev–Trinajstić information content (AvgIpc) is 3.38. The normalized spacial score (nSPS) is 11.4. The number of rotatable bonds is 6. The molecule has 2 amide bonds. The van der Waals surface area contributed by atoms with Crippen LogP contribution in [-0.2, 0) is 18.4 Å². The minimum absolute atomic E-state index is 0.0206. The van der Waals surface area contributed by atoms with Gasteiger partial charge in [-0.1, -0.05) is 0 Å². The minimum Gasteiger partial charge on any atom is -0.365 e. The fourth-order valence-electron chi connectivity index (χ4n) is 3.48. The van der Waals surface area contributed by atoms with Crippen LogP contribution >= 0.6 is 11.3 Å². The van der Waals surface area contributed by atoms with E-state index in [4.69, 9.17) is 5.73 Å². The lowest BCUT2D eigenvalue weighted by Gasteiger charge is -2.11. The number of primary amides is 1. The van der Waals surface area contributed by atoms with Crippen molar-refractivity contribution in [3.8, 4) is 11.1 Å². The number of aryl methyl sites for hydroxylation is 3. The Bertz CT molecular complexity index is 1360. The predicted molar refractivity (Wildman–Crippen MR) is 116 cm³/mol. The summed E-state index contributed by atoms with van der Waals surface area (Å²) in [6.45, 7) is 3.44. The van der Waals surface area contributed by atoms with E-state index in [9.17, 15) is 18.4 Å². The van der Waals surface area contributed by atoms with Crippen LogP contribution in [0.4, 0.5) is 14.5 Å². The van der Waals surface area contributed by atoms with Crippen molar-refractivity contribution in [3.63, 3.8) is 0 Å². The third-order valence-electron chi connectivity index (χ3n) is 4.92. The zero-order valence-electron chi connectivity index (χ0n) is 17.4. The standard InChI is InChI=1S/C20H19F2N7O2S/c1-9-4-5-24-29(9)8-14(30)26-16-15-11(12-7-28(3)27-10(12)2)6-13(18(21)22)25-20(15)32-17(16)19(23)31/h4-7,18H,8H2,1-3H3,(H2,23,31)(H,26,30). The molecule has 0 unspecified atom stereocenters. The van der Waals surface area contributed by atoms with Crippen molar-refractivity contribution in [2.24, 2.45) is 12.8 Å². The number of hydrogen-bond donors (Lipinski definition) is 2. The first kappa shape index (κ1) is 21.6. The molecule has 0 atom stereocenters. The lowest BCUT2D eigenvalue weighted by atomic mass is 10.0. The average molecular weight is 459 g/mol. The van der Waals surface area contributed by atoms with Crippen molar-refractivity contribution >= 4 is 39.1 Å². The zero-order valence-corrected chi connectivity index (χ0v) is 18.2. The molecule has 4 rings (SSSR count). The molecular formula is C20H19F2N7O2S. The van der Waals surface area contributed by atoms with Crippen molar-refractivity contribution < 1.29 is 18.4 Å². The lowest BCUT2D eigenvalue weighted by molar-refractivity contribution is -0.116. The van der Waals surface area contributed by atoms with Crippen LogP contribution in [0.5, 0.6) is 0 Å². The Morgan fingerprint density at radius 2 is 2.03 bits per heavy atom. The summed E-state index contributed by atoms with van der Waals surface area (Å²) >= 11 is 0.855. The number of amides is 2. The molecule has 0 fully saturated rings. The zero-order chi connectivity index (χ0) is 23.2. The topological polar surface area (TPSA) is 121 Å². The molecule has 0 aromatic carbocycles. The summed E-state index contributed by atoms with van der Waals surface area (Å²) < 4.78 is 30.2. The van der Waals surface area contributed by atoms with E-state index in [0.717, 1.165) is 17.0 Å². The van der Waals surface area contributed by atoms with E-state index in [1.807, 2.05) is 0 Å². The summed E-state index contributed by atoms with van der Waals surface area (Å²) in [7, 11) is 1.71. The van der Waals surface area contributed by atoms with Crippen molar-refractivity contribution in [2.45, 2.75) is 26.8 Å². The van der Waals surface area contributed by atoms with E-state index >= 15 is 0 Å². The molecule has 32 heavy (non-hydrogen) atoms. The molecule has 0 radical (unpaired) electrons. The number of nitrogens with zero attached hydrogens (tertiary/aromatic N) is 5. The number of hydrogen-bond acceptors (Lipinski definition) is 6. The van der Waals surface area contributed by atoms with Gasteiger partial charge in [-0.3, -0.25) is 19.0 Å². The largest absolute Gasteiger partial charge is 0.365 e. The van der Waals surface area contributed by atoms with E-state index < -0.39 is 23.9 Å². The van der Waals surface area contributed by atoms with Crippen molar-refractivity contribution in [2.75, 3.05) is 5.32 Å². The van der Waals surface area contributed by atoms with Crippen LogP contribution in [0.15, 0.2) is 24.5 Å². The summed E-state index contributed by atoms with van der Waals surface area (Å²) in [5.41, 5.74) is 7.57. The number of halogens is 2. The summed E-state index contributed by atoms with van der Waals surface area (Å²) in [4.78, 5) is 29.1. The number of carbonyl (C=O) groups is 2. The Balaban J connectivity index is 1.91. The number of nitrogens with one attached hydrogen (secondary N) is 1. The van der Waals surface area contributed by atoms with Crippen LogP contribution in [0.25, 0.3) is 21.3 Å². The number of carbonyl (C=O) groups excluding carboxylic acids is 2. The SMILES string of the molecule is Cc1nn(C)cc1-c1cc(C(F)F)nc2sc(C(N)=O)c(NC(=O)Cn3nccc3C)c12. The highest BCUT2D eigenvalue weighted by atomic mass is 32.1. The second-order valence-electron chi connectivity index (χ2n) is 7.23. The molecule has 3 N–H and O–H groups in total. The van der Waals surface area contributed by atoms with Gasteiger partial charge in [0, 0.05) is 36.1 Å². The van der Waals surface area contributed by atoms with Gasteiger partial charge in [-0.05, 0) is 31.5 Å². The van der Waals surface area contributed by atoms with Crippen molar-refractivity contribution in [3.05, 3.63) is 46.5 Å². The molecule has 0 bridgehead atoms. The van der Waals surface area contributed by atoms with Gasteiger partial charge in [0.15, 0.2) is 0 Å². The van der Waals surface area contributed by atoms with Gasteiger partial charge in [0.05, 0.1) is 11.4 Å². The summed E-state index contributed by atoms with van der Waals surface area (Å²) in [6.07, 6.45) is 0.422. The Morgan fingerprint density at radius 1 is 1.28 bits per heavy atom. The molecule has 4 aromatic rings. The van der Waals surface area contributed by atoms with Gasteiger partial charge in [-0.25, -0.2) is 13.8 Å². The second-order valence-corrected chi connectivity index (χ2v) is 8.23. The first-order valence-electron chi connectivity index (χ1n) is 9.50. The first-order valence-corrected chi connectivity index (χ1v) is 10.3. The van der Waals surface area contributed by atoms with Crippen LogP contribution in [0.2, 0.25) is 0 Å². The van der Waals surface area contributed by atoms with Crippen LogP contribution < -0.4 is 11.1 Å². The molecule has 0 spiro atoms. The fourth-order valence-corrected chi connectivity index (χ4v) is 4.49. The molecule has 166 valence electrons. The Kier molecular flexibility index (Phi) is 5.46. The highest BCUT2D eigenvalue weighted by Crippen LogP contribution is 2.43. The molecule has 4 aromatic heterocycles. The smallest absolute Gasteiger partial charge is 0.280 e. The van der Waals surface area contributed by atoms with E-state index in [0.29, 0.717) is 22.2 Å². The van der Waals surface area contributed by atoms with Gasteiger partial charge >= 0.3 is 0 Å². The van der Waals surface area contributed by atoms with Gasteiger partial charge in [-0.15, -0.1) is 11.3 Å². The number of alkyl halides is 2. The minimum atomic E-state index is -2.82. The number of thiophene rings is 1. The molecule has 12 heteroatoms. The van der Waals surface area contributed by atoms with Crippen molar-refractivity contribution in [1.29, 1.82) is 0 Å². The number of nitrogens with two attached hydrogens (primary N) is 1. The van der Waals surface area contributed by atoms with E-state index in [-0.39, 0.29) is 21.9 Å². The Hall–Kier alpha value is -3.67. The van der Waals surface area contributed by atoms with Gasteiger partial charge in [0.1, 0.15) is 21.9 Å². The molecule has 9 nitrogen and oxygen atoms in total. The van der Waals surface area contributed by atoms with Gasteiger partial charge in [0.2, 0.25) is 5.91 Å². The summed E-state index contributed by atoms with van der Waals surface area (Å²) in [6, 6.07) is 3.00. The monoisotopic (exact) mass is 459 g/mol. The molecule has 4 heterocycles. The second kappa shape index (κ2) is 8.11. The third-order valence-corrected chi connectivity index (χ3v) is 6.02. The molecule has 0 aliphatic heterocycles. The molecule has 0 aliphatic carbocycles. The van der Waals surface area contributed by atoms with Crippen LogP contribution in [-0.4, -0.2) is 36.4 Å². The number of fused-ring (bicyclic) bond motifs is 1. The third kappa shape index (κ3) is 3.84. The van der Waals surface area contributed by atoms with Crippen LogP contribution in [0, 0.1) is 13.8 Å².